The molecule has 0 aliphatic carbocycles. The van der Waals surface area contributed by atoms with E-state index < -0.39 is 11.6 Å². The molecule has 0 saturated carbocycles. The Balaban J connectivity index is 1.54. The molecule has 38 heavy (non-hydrogen) atoms. The minimum absolute atomic E-state index is 0.0475. The Hall–Kier alpha value is -4.07. The molecule has 0 spiro atoms. The predicted octanol–water partition coefficient (Wildman–Crippen LogP) is 4.00. The number of halogens is 2. The Labute approximate surface area is 218 Å². The lowest BCUT2D eigenvalue weighted by atomic mass is 10.1. The topological polar surface area (TPSA) is 96.2 Å². The standard InChI is InChI=1S/C28H27F2N7O/c29-22-14-18(3-4-19(22)16-31)27-34-26-25(36-9-1-2-20(32)17-36)7-8-33-28(26)37(27)24-6-5-21(15-23(24)30)35-10-12-38-13-11-35/h3-8,14-15,20H,1-2,9-13,17,32H2. The molecule has 2 aliphatic heterocycles. The minimum Gasteiger partial charge on any atom is -0.378 e. The molecule has 2 aliphatic rings. The van der Waals surface area contributed by atoms with Crippen molar-refractivity contribution in [3.8, 4) is 23.1 Å². The van der Waals surface area contributed by atoms with Gasteiger partial charge in [-0.15, -0.1) is 0 Å². The Morgan fingerprint density at radius 1 is 0.974 bits per heavy atom. The first-order valence-electron chi connectivity index (χ1n) is 12.7. The smallest absolute Gasteiger partial charge is 0.167 e. The fourth-order valence-corrected chi connectivity index (χ4v) is 5.31. The molecule has 0 amide bonds. The summed E-state index contributed by atoms with van der Waals surface area (Å²) in [6.45, 7) is 4.06. The second kappa shape index (κ2) is 10.0. The Morgan fingerprint density at radius 2 is 1.82 bits per heavy atom. The molecule has 2 aromatic heterocycles. The van der Waals surface area contributed by atoms with E-state index in [4.69, 9.17) is 15.5 Å². The van der Waals surface area contributed by atoms with Gasteiger partial charge in [0, 0.05) is 49.7 Å². The molecule has 2 aromatic carbocycles. The normalized spacial score (nSPS) is 18.1. The largest absolute Gasteiger partial charge is 0.378 e. The van der Waals surface area contributed by atoms with Crippen LogP contribution in [0, 0.1) is 23.0 Å². The predicted molar refractivity (Wildman–Crippen MR) is 141 cm³/mol. The van der Waals surface area contributed by atoms with E-state index in [1.165, 1.54) is 18.2 Å². The van der Waals surface area contributed by atoms with Crippen LogP contribution in [0.2, 0.25) is 0 Å². The number of nitrogens with zero attached hydrogens (tertiary/aromatic N) is 6. The van der Waals surface area contributed by atoms with E-state index in [-0.39, 0.29) is 17.3 Å². The van der Waals surface area contributed by atoms with Gasteiger partial charge in [-0.2, -0.15) is 5.26 Å². The van der Waals surface area contributed by atoms with Crippen molar-refractivity contribution in [2.45, 2.75) is 18.9 Å². The van der Waals surface area contributed by atoms with Gasteiger partial charge in [0.2, 0.25) is 0 Å². The van der Waals surface area contributed by atoms with Crippen LogP contribution in [0.4, 0.5) is 20.2 Å². The van der Waals surface area contributed by atoms with Crippen molar-refractivity contribution in [2.75, 3.05) is 49.2 Å². The molecule has 194 valence electrons. The first-order valence-corrected chi connectivity index (χ1v) is 12.7. The van der Waals surface area contributed by atoms with E-state index in [1.807, 2.05) is 18.2 Å². The Bertz CT molecular complexity index is 1540. The second-order valence-corrected chi connectivity index (χ2v) is 9.66. The zero-order chi connectivity index (χ0) is 26.2. The van der Waals surface area contributed by atoms with Crippen LogP contribution in [0.15, 0.2) is 48.7 Å². The SMILES string of the molecule is N#Cc1ccc(-c2nc3c(N4CCCC(N)C4)ccnc3n2-c2ccc(N3CCOCC3)cc2F)cc1F. The fourth-order valence-electron chi connectivity index (χ4n) is 5.31. The van der Waals surface area contributed by atoms with Gasteiger partial charge in [-0.3, -0.25) is 4.57 Å². The van der Waals surface area contributed by atoms with Crippen molar-refractivity contribution < 1.29 is 13.5 Å². The average molecular weight is 516 g/mol. The van der Waals surface area contributed by atoms with Crippen LogP contribution in [0.3, 0.4) is 0 Å². The summed E-state index contributed by atoms with van der Waals surface area (Å²) in [7, 11) is 0. The van der Waals surface area contributed by atoms with Gasteiger partial charge in [-0.25, -0.2) is 18.7 Å². The molecule has 0 radical (unpaired) electrons. The monoisotopic (exact) mass is 515 g/mol. The molecule has 4 heterocycles. The molecule has 0 bridgehead atoms. The van der Waals surface area contributed by atoms with Gasteiger partial charge in [0.1, 0.15) is 29.0 Å². The highest BCUT2D eigenvalue weighted by atomic mass is 19.1. The number of fused-ring (bicyclic) bond motifs is 1. The maximum absolute atomic E-state index is 15.8. The maximum Gasteiger partial charge on any atom is 0.167 e. The van der Waals surface area contributed by atoms with Gasteiger partial charge in [0.15, 0.2) is 5.65 Å². The fraction of sp³-hybridized carbons (Fsp3) is 0.321. The summed E-state index contributed by atoms with van der Waals surface area (Å²) in [6.07, 6.45) is 3.59. The number of aromatic nitrogens is 3. The van der Waals surface area contributed by atoms with Gasteiger partial charge in [0.05, 0.1) is 30.2 Å². The first kappa shape index (κ1) is 24.3. The van der Waals surface area contributed by atoms with Crippen LogP contribution in [-0.2, 0) is 4.74 Å². The van der Waals surface area contributed by atoms with Gasteiger partial charge in [-0.05, 0) is 55.3 Å². The number of imidazole rings is 1. The van der Waals surface area contributed by atoms with Crippen LogP contribution in [0.1, 0.15) is 18.4 Å². The van der Waals surface area contributed by atoms with E-state index in [2.05, 4.69) is 14.8 Å². The molecular weight excluding hydrogens is 488 g/mol. The number of anilines is 2. The zero-order valence-electron chi connectivity index (χ0n) is 20.8. The lowest BCUT2D eigenvalue weighted by molar-refractivity contribution is 0.122. The van der Waals surface area contributed by atoms with Gasteiger partial charge < -0.3 is 20.3 Å². The van der Waals surface area contributed by atoms with Crippen molar-refractivity contribution >= 4 is 22.5 Å². The molecule has 6 rings (SSSR count). The van der Waals surface area contributed by atoms with E-state index in [0.29, 0.717) is 55.4 Å². The van der Waals surface area contributed by atoms with Gasteiger partial charge in [-0.1, -0.05) is 0 Å². The van der Waals surface area contributed by atoms with Crippen molar-refractivity contribution in [2.24, 2.45) is 5.73 Å². The van der Waals surface area contributed by atoms with E-state index in [0.717, 1.165) is 30.8 Å². The van der Waals surface area contributed by atoms with Crippen molar-refractivity contribution in [1.82, 2.24) is 14.5 Å². The van der Waals surface area contributed by atoms with Crippen molar-refractivity contribution in [3.63, 3.8) is 0 Å². The summed E-state index contributed by atoms with van der Waals surface area (Å²) in [5.41, 5.74) is 9.50. The molecule has 1 unspecified atom stereocenters. The highest BCUT2D eigenvalue weighted by Crippen LogP contribution is 2.35. The molecular formula is C28H27F2N7O. The summed E-state index contributed by atoms with van der Waals surface area (Å²) in [5, 5.41) is 9.20. The summed E-state index contributed by atoms with van der Waals surface area (Å²) in [4.78, 5) is 13.7. The lowest BCUT2D eigenvalue weighted by Crippen LogP contribution is -2.42. The number of morpholine rings is 1. The molecule has 2 saturated heterocycles. The number of hydrogen-bond donors (Lipinski definition) is 1. The molecule has 2 fully saturated rings. The molecule has 4 aromatic rings. The highest BCUT2D eigenvalue weighted by Gasteiger charge is 2.25. The number of piperidine rings is 1. The number of pyridine rings is 1. The average Bonchev–Trinajstić information content (AvgIpc) is 3.33. The number of benzene rings is 2. The maximum atomic E-state index is 15.8. The Morgan fingerprint density at radius 3 is 2.55 bits per heavy atom. The van der Waals surface area contributed by atoms with Crippen LogP contribution in [-0.4, -0.2) is 60.0 Å². The molecule has 2 N–H and O–H groups in total. The van der Waals surface area contributed by atoms with E-state index in [9.17, 15) is 9.65 Å². The third kappa shape index (κ3) is 4.34. The van der Waals surface area contributed by atoms with Crippen LogP contribution >= 0.6 is 0 Å². The summed E-state index contributed by atoms with van der Waals surface area (Å²) in [6, 6.07) is 13.1. The molecule has 8 nitrogen and oxygen atoms in total. The van der Waals surface area contributed by atoms with Crippen molar-refractivity contribution in [1.29, 1.82) is 5.26 Å². The van der Waals surface area contributed by atoms with Crippen LogP contribution in [0.25, 0.3) is 28.2 Å². The van der Waals surface area contributed by atoms with Crippen LogP contribution < -0.4 is 15.5 Å². The quantitative estimate of drug-likeness (QED) is 0.439. The number of nitriles is 1. The number of ether oxygens (including phenoxy) is 1. The first-order chi connectivity index (χ1) is 18.5. The molecule has 1 atom stereocenters. The van der Waals surface area contributed by atoms with E-state index in [1.54, 1.807) is 22.9 Å². The summed E-state index contributed by atoms with van der Waals surface area (Å²) >= 11 is 0. The minimum atomic E-state index is -0.665. The highest BCUT2D eigenvalue weighted by molar-refractivity contribution is 5.90. The number of hydrogen-bond acceptors (Lipinski definition) is 7. The molecule has 10 heteroatoms. The summed E-state index contributed by atoms with van der Waals surface area (Å²) < 4.78 is 37.6. The second-order valence-electron chi connectivity index (χ2n) is 9.66. The lowest BCUT2D eigenvalue weighted by Gasteiger charge is -2.32. The van der Waals surface area contributed by atoms with Gasteiger partial charge in [0.25, 0.3) is 0 Å². The summed E-state index contributed by atoms with van der Waals surface area (Å²) in [5.74, 6) is -0.777. The zero-order valence-corrected chi connectivity index (χ0v) is 20.8. The third-order valence-electron chi connectivity index (χ3n) is 7.22. The van der Waals surface area contributed by atoms with Gasteiger partial charge >= 0.3 is 0 Å². The van der Waals surface area contributed by atoms with Crippen LogP contribution in [0.5, 0.6) is 0 Å². The third-order valence-corrected chi connectivity index (χ3v) is 7.22. The number of nitrogens with two attached hydrogens (primary N) is 1. The number of rotatable bonds is 4. The van der Waals surface area contributed by atoms with E-state index >= 15 is 4.39 Å². The Kier molecular flexibility index (Phi) is 6.39. The van der Waals surface area contributed by atoms with Crippen molar-refractivity contribution in [3.05, 3.63) is 65.9 Å².